The van der Waals surface area contributed by atoms with Crippen molar-refractivity contribution in [1.82, 2.24) is 20.9 Å². The Balaban J connectivity index is 1.80. The molecule has 3 rings (SSSR count). The molecule has 10 nitrogen and oxygen atoms in total. The molecule has 2 aliphatic carbocycles. The van der Waals surface area contributed by atoms with Crippen molar-refractivity contribution in [3.63, 3.8) is 0 Å². The van der Waals surface area contributed by atoms with Crippen LogP contribution in [-0.2, 0) is 23.9 Å². The summed E-state index contributed by atoms with van der Waals surface area (Å²) in [4.78, 5) is 67.4. The van der Waals surface area contributed by atoms with E-state index in [1.165, 1.54) is 6.08 Å². The molecule has 3 fully saturated rings. The Hall–Kier alpha value is -2.91. The average molecular weight is 561 g/mol. The van der Waals surface area contributed by atoms with E-state index < -0.39 is 41.8 Å². The molecule has 3 N–H and O–H groups in total. The molecular weight excluding hydrogens is 512 g/mol. The Morgan fingerprint density at radius 1 is 1.10 bits per heavy atom. The number of Topliss-reactive ketones (excluding diaryl/α,β-unsaturated/α-hetero) is 1. The van der Waals surface area contributed by atoms with Crippen LogP contribution in [0.1, 0.15) is 80.1 Å². The van der Waals surface area contributed by atoms with Crippen molar-refractivity contribution in [3.05, 3.63) is 12.7 Å². The van der Waals surface area contributed by atoms with E-state index in [9.17, 15) is 24.0 Å². The van der Waals surface area contributed by atoms with Gasteiger partial charge in [0.2, 0.25) is 17.6 Å². The van der Waals surface area contributed by atoms with Gasteiger partial charge in [0.05, 0.1) is 12.6 Å². The summed E-state index contributed by atoms with van der Waals surface area (Å²) in [5.41, 5.74) is -0.351. The number of rotatable bonds is 12. The van der Waals surface area contributed by atoms with Crippen molar-refractivity contribution >= 4 is 29.6 Å². The maximum Gasteiger partial charge on any atom is 0.407 e. The van der Waals surface area contributed by atoms with Gasteiger partial charge in [-0.05, 0) is 47.8 Å². The SMILES string of the molecule is C=CCNC(=O)C(=O)C(CCC)NC(=O)C1C2C(CN1C(=O)[C@@H](NC(=O)OCC(C)(C)C)C1CCCC1)C2(C)C. The summed E-state index contributed by atoms with van der Waals surface area (Å²) >= 11 is 0. The van der Waals surface area contributed by atoms with Gasteiger partial charge in [-0.25, -0.2) is 4.79 Å². The number of ketones is 1. The molecular formula is C30H48N4O6. The van der Waals surface area contributed by atoms with Gasteiger partial charge < -0.3 is 25.6 Å². The second-order valence-electron chi connectivity index (χ2n) is 13.4. The van der Waals surface area contributed by atoms with Crippen molar-refractivity contribution in [2.75, 3.05) is 19.7 Å². The van der Waals surface area contributed by atoms with Crippen molar-refractivity contribution < 1.29 is 28.7 Å². The van der Waals surface area contributed by atoms with E-state index in [-0.39, 0.29) is 47.6 Å². The molecule has 0 aromatic carbocycles. The molecule has 1 aliphatic heterocycles. The number of carbonyl (C=O) groups excluding carboxylic acids is 5. The number of likely N-dealkylation sites (tertiary alicyclic amines) is 1. The number of amides is 4. The third kappa shape index (κ3) is 7.23. The molecule has 0 bridgehead atoms. The zero-order valence-electron chi connectivity index (χ0n) is 25.0. The van der Waals surface area contributed by atoms with E-state index in [4.69, 9.17) is 4.74 Å². The van der Waals surface area contributed by atoms with Crippen LogP contribution in [0, 0.1) is 28.6 Å². The number of nitrogens with one attached hydrogen (secondary N) is 3. The summed E-state index contributed by atoms with van der Waals surface area (Å²) in [6.07, 6.45) is 5.30. The Bertz CT molecular complexity index is 997. The highest BCUT2D eigenvalue weighted by atomic mass is 16.5. The van der Waals surface area contributed by atoms with E-state index in [1.807, 2.05) is 27.7 Å². The summed E-state index contributed by atoms with van der Waals surface area (Å²) in [6, 6.07) is -2.56. The summed E-state index contributed by atoms with van der Waals surface area (Å²) < 4.78 is 5.42. The predicted molar refractivity (Wildman–Crippen MR) is 151 cm³/mol. The van der Waals surface area contributed by atoms with E-state index in [0.717, 1.165) is 25.7 Å². The number of nitrogens with zero attached hydrogens (tertiary/aromatic N) is 1. The quantitative estimate of drug-likeness (QED) is 0.248. The van der Waals surface area contributed by atoms with Gasteiger partial charge in [-0.15, -0.1) is 6.58 Å². The van der Waals surface area contributed by atoms with Gasteiger partial charge in [0.1, 0.15) is 12.1 Å². The van der Waals surface area contributed by atoms with Gasteiger partial charge in [0.15, 0.2) is 0 Å². The molecule has 224 valence electrons. The molecule has 10 heteroatoms. The molecule has 5 atom stereocenters. The maximum atomic E-state index is 14.1. The van der Waals surface area contributed by atoms with Gasteiger partial charge in [-0.2, -0.15) is 0 Å². The normalized spacial score (nSPS) is 24.9. The molecule has 3 aliphatic rings. The van der Waals surface area contributed by atoms with Gasteiger partial charge in [0, 0.05) is 13.1 Å². The zero-order valence-corrected chi connectivity index (χ0v) is 25.0. The second-order valence-corrected chi connectivity index (χ2v) is 13.4. The van der Waals surface area contributed by atoms with Crippen LogP contribution in [0.15, 0.2) is 12.7 Å². The first-order valence-corrected chi connectivity index (χ1v) is 14.7. The van der Waals surface area contributed by atoms with Crippen LogP contribution < -0.4 is 16.0 Å². The van der Waals surface area contributed by atoms with E-state index in [2.05, 4.69) is 36.4 Å². The highest BCUT2D eigenvalue weighted by Gasteiger charge is 2.69. The molecule has 40 heavy (non-hydrogen) atoms. The Kier molecular flexibility index (Phi) is 10.1. The first-order valence-electron chi connectivity index (χ1n) is 14.7. The lowest BCUT2D eigenvalue weighted by Crippen LogP contribution is -2.59. The van der Waals surface area contributed by atoms with Crippen molar-refractivity contribution in [1.29, 1.82) is 0 Å². The van der Waals surface area contributed by atoms with Crippen LogP contribution in [-0.4, -0.2) is 72.3 Å². The van der Waals surface area contributed by atoms with Crippen LogP contribution in [0.25, 0.3) is 0 Å². The Labute approximate surface area is 238 Å². The minimum atomic E-state index is -0.990. The van der Waals surface area contributed by atoms with Gasteiger partial charge >= 0.3 is 6.09 Å². The number of fused-ring (bicyclic) bond motifs is 1. The van der Waals surface area contributed by atoms with E-state index >= 15 is 0 Å². The number of alkyl carbamates (subject to hydrolysis) is 1. The summed E-state index contributed by atoms with van der Waals surface area (Å²) in [7, 11) is 0. The Morgan fingerprint density at radius 2 is 1.75 bits per heavy atom. The lowest BCUT2D eigenvalue weighted by molar-refractivity contribution is -0.144. The van der Waals surface area contributed by atoms with Crippen LogP contribution in [0.5, 0.6) is 0 Å². The molecule has 1 heterocycles. The fourth-order valence-corrected chi connectivity index (χ4v) is 6.34. The van der Waals surface area contributed by atoms with Gasteiger partial charge in [-0.3, -0.25) is 19.2 Å². The molecule has 0 spiro atoms. The number of carbonyl (C=O) groups is 5. The summed E-state index contributed by atoms with van der Waals surface area (Å²) in [5.74, 6) is -2.18. The van der Waals surface area contributed by atoms with Crippen LogP contribution in [0.3, 0.4) is 0 Å². The topological polar surface area (TPSA) is 134 Å². The summed E-state index contributed by atoms with van der Waals surface area (Å²) in [6.45, 7) is 16.2. The third-order valence-electron chi connectivity index (χ3n) is 8.65. The minimum absolute atomic E-state index is 0.0358. The largest absolute Gasteiger partial charge is 0.449 e. The average Bonchev–Trinajstić information content (AvgIpc) is 3.34. The smallest absolute Gasteiger partial charge is 0.407 e. The molecule has 4 unspecified atom stereocenters. The first-order chi connectivity index (χ1) is 18.7. The second kappa shape index (κ2) is 12.7. The van der Waals surface area contributed by atoms with E-state index in [0.29, 0.717) is 19.4 Å². The predicted octanol–water partition coefficient (Wildman–Crippen LogP) is 2.96. The van der Waals surface area contributed by atoms with Gasteiger partial charge in [-0.1, -0.05) is 66.9 Å². The molecule has 0 radical (unpaired) electrons. The number of hydrogen-bond donors (Lipinski definition) is 3. The molecule has 1 saturated heterocycles. The number of ether oxygens (including phenoxy) is 1. The van der Waals surface area contributed by atoms with Crippen molar-refractivity contribution in [3.8, 4) is 0 Å². The monoisotopic (exact) mass is 560 g/mol. The molecule has 0 aromatic heterocycles. The maximum absolute atomic E-state index is 14.1. The zero-order chi connectivity index (χ0) is 29.8. The lowest BCUT2D eigenvalue weighted by atomic mass is 9.94. The highest BCUT2D eigenvalue weighted by molar-refractivity contribution is 6.38. The fraction of sp³-hybridized carbons (Fsp3) is 0.767. The lowest BCUT2D eigenvalue weighted by Gasteiger charge is -2.35. The van der Waals surface area contributed by atoms with E-state index in [1.54, 1.807) is 4.90 Å². The summed E-state index contributed by atoms with van der Waals surface area (Å²) in [5, 5.41) is 8.11. The van der Waals surface area contributed by atoms with Crippen molar-refractivity contribution in [2.24, 2.45) is 28.6 Å². The molecule has 4 amide bonds. The fourth-order valence-electron chi connectivity index (χ4n) is 6.34. The number of piperidine rings is 1. The molecule has 2 saturated carbocycles. The minimum Gasteiger partial charge on any atom is -0.449 e. The first kappa shape index (κ1) is 31.6. The third-order valence-corrected chi connectivity index (χ3v) is 8.65. The van der Waals surface area contributed by atoms with Crippen LogP contribution in [0.4, 0.5) is 4.79 Å². The highest BCUT2D eigenvalue weighted by Crippen LogP contribution is 2.65. The standard InChI is InChI=1S/C30H48N4O6/c1-8-12-20(24(35)26(37)31-15-9-2)32-25(36)23-21-19(30(21,6)7)16-34(23)27(38)22(18-13-10-11-14-18)33-28(39)40-17-29(3,4)5/h9,18-23H,2,8,10-17H2,1,3-7H3,(H,31,37)(H,32,36)(H,33,39)/t19?,20?,21?,22-,23?/m0/s1. The molecule has 0 aromatic rings. The van der Waals surface area contributed by atoms with Crippen LogP contribution in [0.2, 0.25) is 0 Å². The number of hydrogen-bond acceptors (Lipinski definition) is 6. The van der Waals surface area contributed by atoms with Gasteiger partial charge in [0.25, 0.3) is 5.91 Å². The Morgan fingerprint density at radius 3 is 2.33 bits per heavy atom. The van der Waals surface area contributed by atoms with Crippen LogP contribution >= 0.6 is 0 Å². The van der Waals surface area contributed by atoms with Crippen molar-refractivity contribution in [2.45, 2.75) is 98.2 Å².